The number of nitrogens with zero attached hydrogens (tertiary/aromatic N) is 2. The highest BCUT2D eigenvalue weighted by atomic mass is 32.1. The summed E-state index contributed by atoms with van der Waals surface area (Å²) in [7, 11) is 0. The summed E-state index contributed by atoms with van der Waals surface area (Å²) < 4.78 is 0. The summed E-state index contributed by atoms with van der Waals surface area (Å²) >= 11 is 6.16. The van der Waals surface area contributed by atoms with Crippen molar-refractivity contribution in [2.24, 2.45) is 4.99 Å². The molecule has 0 saturated heterocycles. The number of hydrogen-bond acceptors (Lipinski definition) is 4. The first-order chi connectivity index (χ1) is 6.86. The van der Waals surface area contributed by atoms with Crippen molar-refractivity contribution in [1.82, 2.24) is 0 Å². The van der Waals surface area contributed by atoms with E-state index < -0.39 is 0 Å². The fourth-order valence-corrected chi connectivity index (χ4v) is 3.11. The van der Waals surface area contributed by atoms with E-state index in [4.69, 9.17) is 5.26 Å². The molecular weight excluding hydrogens is 212 g/mol. The first-order valence-corrected chi connectivity index (χ1v) is 5.72. The van der Waals surface area contributed by atoms with Gasteiger partial charge in [0.25, 0.3) is 0 Å². The van der Waals surface area contributed by atoms with Gasteiger partial charge in [0.1, 0.15) is 11.1 Å². The highest BCUT2D eigenvalue weighted by Gasteiger charge is 2.19. The molecule has 0 spiro atoms. The van der Waals surface area contributed by atoms with E-state index in [0.717, 1.165) is 23.4 Å². The molecule has 1 aliphatic carbocycles. The van der Waals surface area contributed by atoms with Gasteiger partial charge in [0.15, 0.2) is 0 Å². The molecule has 0 radical (unpaired) electrons. The van der Waals surface area contributed by atoms with Crippen molar-refractivity contribution in [2.45, 2.75) is 25.7 Å². The summed E-state index contributed by atoms with van der Waals surface area (Å²) in [6.45, 7) is 0. The Bertz CT molecular complexity index is 447. The molecular formula is C10H8N2S2. The molecule has 0 fully saturated rings. The lowest BCUT2D eigenvalue weighted by Gasteiger charge is -2.09. The van der Waals surface area contributed by atoms with Crippen molar-refractivity contribution in [3.05, 3.63) is 16.0 Å². The van der Waals surface area contributed by atoms with Crippen molar-refractivity contribution >= 4 is 33.7 Å². The van der Waals surface area contributed by atoms with Crippen molar-refractivity contribution in [2.75, 3.05) is 0 Å². The second-order valence-electron chi connectivity index (χ2n) is 3.21. The lowest BCUT2D eigenvalue weighted by Crippen LogP contribution is -1.99. The van der Waals surface area contributed by atoms with E-state index in [1.807, 2.05) is 0 Å². The summed E-state index contributed by atoms with van der Waals surface area (Å²) in [5.74, 6) is 0. The third-order valence-corrected chi connectivity index (χ3v) is 3.69. The van der Waals surface area contributed by atoms with E-state index >= 15 is 0 Å². The summed E-state index contributed by atoms with van der Waals surface area (Å²) in [5, 5.41) is 12.1. The van der Waals surface area contributed by atoms with Crippen molar-refractivity contribution in [3.63, 3.8) is 0 Å². The van der Waals surface area contributed by atoms with E-state index in [1.165, 1.54) is 23.3 Å². The van der Waals surface area contributed by atoms with Gasteiger partial charge in [-0.3, -0.25) is 0 Å². The van der Waals surface area contributed by atoms with Crippen LogP contribution in [0, 0.1) is 11.3 Å². The first kappa shape index (κ1) is 9.54. The van der Waals surface area contributed by atoms with Gasteiger partial charge in [-0.2, -0.15) is 10.3 Å². The van der Waals surface area contributed by atoms with E-state index in [0.29, 0.717) is 0 Å². The second-order valence-corrected chi connectivity index (χ2v) is 4.47. The molecule has 0 amide bonds. The van der Waals surface area contributed by atoms with Gasteiger partial charge in [0, 0.05) is 4.88 Å². The summed E-state index contributed by atoms with van der Waals surface area (Å²) in [6.07, 6.45) is 4.50. The number of fused-ring (bicyclic) bond motifs is 1. The number of thiophene rings is 1. The molecule has 0 unspecified atom stereocenters. The maximum Gasteiger partial charge on any atom is 0.145 e. The Kier molecular flexibility index (Phi) is 2.74. The molecule has 0 N–H and O–H groups in total. The highest BCUT2D eigenvalue weighted by Crippen LogP contribution is 2.38. The van der Waals surface area contributed by atoms with Crippen molar-refractivity contribution in [3.8, 4) is 6.07 Å². The second kappa shape index (κ2) is 4.02. The number of nitriles is 1. The van der Waals surface area contributed by atoms with Crippen LogP contribution in [-0.4, -0.2) is 5.16 Å². The largest absolute Gasteiger partial charge is 0.192 e. The minimum Gasteiger partial charge on any atom is -0.192 e. The zero-order valence-electron chi connectivity index (χ0n) is 7.54. The lowest BCUT2D eigenvalue weighted by molar-refractivity contribution is 0.696. The molecule has 4 heteroatoms. The normalized spacial score (nSPS) is 13.9. The maximum absolute atomic E-state index is 9.02. The molecule has 14 heavy (non-hydrogen) atoms. The molecule has 1 heterocycles. The predicted molar refractivity (Wildman–Crippen MR) is 60.4 cm³/mol. The van der Waals surface area contributed by atoms with E-state index in [2.05, 4.69) is 28.4 Å². The Morgan fingerprint density at radius 2 is 2.14 bits per heavy atom. The number of isothiocyanates is 1. The van der Waals surface area contributed by atoms with Gasteiger partial charge >= 0.3 is 0 Å². The van der Waals surface area contributed by atoms with Gasteiger partial charge in [-0.05, 0) is 43.5 Å². The minimum absolute atomic E-state index is 0.724. The van der Waals surface area contributed by atoms with Crippen molar-refractivity contribution < 1.29 is 0 Å². The van der Waals surface area contributed by atoms with Gasteiger partial charge in [-0.1, -0.05) is 0 Å². The molecule has 0 aromatic carbocycles. The average molecular weight is 220 g/mol. The monoisotopic (exact) mass is 220 g/mol. The quantitative estimate of drug-likeness (QED) is 0.538. The zero-order chi connectivity index (χ0) is 9.97. The van der Waals surface area contributed by atoms with Crippen LogP contribution in [0.5, 0.6) is 0 Å². The molecule has 0 atom stereocenters. The Hall–Kier alpha value is -1.01. The minimum atomic E-state index is 0.724. The Balaban J connectivity index is 2.58. The van der Waals surface area contributed by atoms with E-state index in [-0.39, 0.29) is 0 Å². The first-order valence-electron chi connectivity index (χ1n) is 4.49. The molecule has 0 bridgehead atoms. The number of rotatable bonds is 1. The van der Waals surface area contributed by atoms with Crippen LogP contribution in [0.15, 0.2) is 4.99 Å². The van der Waals surface area contributed by atoms with Crippen LogP contribution in [0.4, 0.5) is 5.00 Å². The SMILES string of the molecule is N#Cc1c(N=C=S)sc2c1CCCC2. The zero-order valence-corrected chi connectivity index (χ0v) is 9.17. The standard InChI is InChI=1S/C10H8N2S2/c11-5-8-7-3-1-2-4-9(7)14-10(8)12-6-13/h1-4H2. The third kappa shape index (κ3) is 1.51. The van der Waals surface area contributed by atoms with Gasteiger partial charge in [-0.25, -0.2) is 0 Å². The molecule has 0 saturated carbocycles. The van der Waals surface area contributed by atoms with Gasteiger partial charge in [-0.15, -0.1) is 11.3 Å². The van der Waals surface area contributed by atoms with Gasteiger partial charge < -0.3 is 0 Å². The van der Waals surface area contributed by atoms with Crippen LogP contribution >= 0.6 is 23.6 Å². The van der Waals surface area contributed by atoms with Gasteiger partial charge in [0.2, 0.25) is 0 Å². The van der Waals surface area contributed by atoms with Crippen LogP contribution in [0.3, 0.4) is 0 Å². The number of hydrogen-bond donors (Lipinski definition) is 0. The molecule has 70 valence electrons. The fraction of sp³-hybridized carbons (Fsp3) is 0.400. The lowest BCUT2D eigenvalue weighted by atomic mass is 9.96. The molecule has 1 aromatic rings. The molecule has 2 rings (SSSR count). The van der Waals surface area contributed by atoms with Crippen LogP contribution in [-0.2, 0) is 12.8 Å². The van der Waals surface area contributed by atoms with Crippen molar-refractivity contribution in [1.29, 1.82) is 5.26 Å². The number of aryl methyl sites for hydroxylation is 1. The summed E-state index contributed by atoms with van der Waals surface area (Å²) in [6, 6.07) is 2.22. The van der Waals surface area contributed by atoms with Crippen LogP contribution in [0.1, 0.15) is 28.8 Å². The fourth-order valence-electron chi connectivity index (χ4n) is 1.79. The Morgan fingerprint density at radius 1 is 1.36 bits per heavy atom. The molecule has 2 nitrogen and oxygen atoms in total. The van der Waals surface area contributed by atoms with E-state index in [1.54, 1.807) is 11.3 Å². The maximum atomic E-state index is 9.02. The Morgan fingerprint density at radius 3 is 2.86 bits per heavy atom. The number of thiocarbonyl (C=S) groups is 1. The number of aliphatic imine (C=N–C) groups is 1. The van der Waals surface area contributed by atoms with Crippen LogP contribution in [0.2, 0.25) is 0 Å². The smallest absolute Gasteiger partial charge is 0.145 e. The molecule has 1 aliphatic rings. The molecule has 1 aromatic heterocycles. The highest BCUT2D eigenvalue weighted by molar-refractivity contribution is 7.78. The predicted octanol–water partition coefficient (Wildman–Crippen LogP) is 3.23. The Labute approximate surface area is 91.9 Å². The van der Waals surface area contributed by atoms with Crippen LogP contribution < -0.4 is 0 Å². The summed E-state index contributed by atoms with van der Waals surface area (Å²) in [4.78, 5) is 5.26. The third-order valence-electron chi connectivity index (χ3n) is 2.41. The van der Waals surface area contributed by atoms with Crippen LogP contribution in [0.25, 0.3) is 0 Å². The topological polar surface area (TPSA) is 36.1 Å². The van der Waals surface area contributed by atoms with Gasteiger partial charge in [0.05, 0.1) is 10.7 Å². The average Bonchev–Trinajstić information content (AvgIpc) is 2.55. The molecule has 0 aliphatic heterocycles. The van der Waals surface area contributed by atoms with E-state index in [9.17, 15) is 0 Å². The summed E-state index contributed by atoms with van der Waals surface area (Å²) in [5.41, 5.74) is 1.93.